The second-order valence-corrected chi connectivity index (χ2v) is 6.17. The van der Waals surface area contributed by atoms with E-state index >= 15 is 0 Å². The molecule has 0 aromatic heterocycles. The number of hydrogen-bond donors (Lipinski definition) is 1. The monoisotopic (exact) mass is 299 g/mol. The normalized spacial score (nSPS) is 17.9. The second kappa shape index (κ2) is 6.54. The molecule has 0 fully saturated rings. The van der Waals surface area contributed by atoms with Crippen molar-refractivity contribution in [3.63, 3.8) is 0 Å². The summed E-state index contributed by atoms with van der Waals surface area (Å²) in [5, 5.41) is 3.57. The van der Waals surface area contributed by atoms with E-state index in [9.17, 15) is 0 Å². The van der Waals surface area contributed by atoms with E-state index in [1.165, 1.54) is 21.6 Å². The van der Waals surface area contributed by atoms with Crippen LogP contribution in [-0.2, 0) is 6.42 Å². The largest absolute Gasteiger partial charge is 0.496 e. The summed E-state index contributed by atoms with van der Waals surface area (Å²) in [5.41, 5.74) is 4.21. The van der Waals surface area contributed by atoms with Crippen LogP contribution in [0, 0.1) is 0 Å². The van der Waals surface area contributed by atoms with Gasteiger partial charge in [0.1, 0.15) is 5.75 Å². The minimum Gasteiger partial charge on any atom is -0.496 e. The summed E-state index contributed by atoms with van der Waals surface area (Å²) in [6.45, 7) is 2.02. The van der Waals surface area contributed by atoms with E-state index in [1.54, 1.807) is 18.9 Å². The Kier molecular flexibility index (Phi) is 4.51. The van der Waals surface area contributed by atoms with Crippen molar-refractivity contribution in [2.75, 3.05) is 26.5 Å². The molecule has 2 aromatic carbocycles. The Morgan fingerprint density at radius 2 is 2.00 bits per heavy atom. The number of methoxy groups -OCH3 is 1. The first-order chi connectivity index (χ1) is 10.3. The Labute approximate surface area is 130 Å². The van der Waals surface area contributed by atoms with E-state index in [0.29, 0.717) is 5.92 Å². The first-order valence-corrected chi connectivity index (χ1v) is 8.56. The molecule has 3 heteroatoms. The molecule has 0 bridgehead atoms. The van der Waals surface area contributed by atoms with Crippen molar-refractivity contribution in [2.45, 2.75) is 17.2 Å². The van der Waals surface area contributed by atoms with Crippen molar-refractivity contribution >= 4 is 11.8 Å². The molecule has 1 atom stereocenters. The molecular formula is C18H21NOS. The Bertz CT molecular complexity index is 612. The molecule has 3 rings (SSSR count). The zero-order chi connectivity index (χ0) is 14.7. The fourth-order valence-electron chi connectivity index (χ4n) is 3.04. The maximum atomic E-state index is 5.59. The predicted octanol–water partition coefficient (Wildman–Crippen LogP) is 3.69. The lowest BCUT2D eigenvalue weighted by molar-refractivity contribution is 0.404. The van der Waals surface area contributed by atoms with Crippen molar-refractivity contribution < 1.29 is 4.74 Å². The fourth-order valence-corrected chi connectivity index (χ4v) is 3.64. The van der Waals surface area contributed by atoms with Crippen LogP contribution in [0.5, 0.6) is 5.75 Å². The second-order valence-electron chi connectivity index (χ2n) is 5.32. The molecule has 0 saturated carbocycles. The summed E-state index contributed by atoms with van der Waals surface area (Å²) in [4.78, 5) is 1.23. The van der Waals surface area contributed by atoms with Crippen LogP contribution in [0.2, 0.25) is 0 Å². The molecule has 1 aliphatic heterocycles. The van der Waals surface area contributed by atoms with Gasteiger partial charge in [0.25, 0.3) is 0 Å². The fraction of sp³-hybridized carbons (Fsp3) is 0.333. The highest BCUT2D eigenvalue weighted by molar-refractivity contribution is 7.98. The first kappa shape index (κ1) is 14.5. The molecule has 0 amide bonds. The first-order valence-electron chi connectivity index (χ1n) is 7.34. The number of fused-ring (bicyclic) bond motifs is 1. The van der Waals surface area contributed by atoms with Gasteiger partial charge in [-0.3, -0.25) is 0 Å². The zero-order valence-electron chi connectivity index (χ0n) is 12.6. The molecule has 0 aliphatic carbocycles. The standard InChI is InChI=1S/C18H21NOS/c1-20-17-11-15-14(10-18(17)21-2)8-9-19-12-16(15)13-6-4-3-5-7-13/h3-7,10-11,16,19H,8-9,12H2,1-2H3. The third kappa shape index (κ3) is 2.94. The summed E-state index contributed by atoms with van der Waals surface area (Å²) in [5.74, 6) is 1.39. The molecule has 1 heterocycles. The smallest absolute Gasteiger partial charge is 0.132 e. The zero-order valence-corrected chi connectivity index (χ0v) is 13.4. The maximum absolute atomic E-state index is 5.59. The maximum Gasteiger partial charge on any atom is 0.132 e. The molecule has 0 radical (unpaired) electrons. The van der Waals surface area contributed by atoms with E-state index in [0.717, 1.165) is 25.3 Å². The van der Waals surface area contributed by atoms with Crippen LogP contribution in [0.3, 0.4) is 0 Å². The van der Waals surface area contributed by atoms with Gasteiger partial charge in [-0.25, -0.2) is 0 Å². The molecule has 2 aromatic rings. The number of thioether (sulfide) groups is 1. The topological polar surface area (TPSA) is 21.3 Å². The van der Waals surface area contributed by atoms with Gasteiger partial charge in [0, 0.05) is 17.4 Å². The van der Waals surface area contributed by atoms with E-state index in [-0.39, 0.29) is 0 Å². The lowest BCUT2D eigenvalue weighted by Crippen LogP contribution is -2.20. The number of benzene rings is 2. The molecule has 0 saturated heterocycles. The summed E-state index contributed by atoms with van der Waals surface area (Å²) in [6, 6.07) is 15.3. The predicted molar refractivity (Wildman–Crippen MR) is 89.6 cm³/mol. The van der Waals surface area contributed by atoms with Crippen molar-refractivity contribution in [3.8, 4) is 5.75 Å². The summed E-state index contributed by atoms with van der Waals surface area (Å²) >= 11 is 1.75. The van der Waals surface area contributed by atoms with Crippen LogP contribution in [0.4, 0.5) is 0 Å². The molecule has 110 valence electrons. The molecule has 0 spiro atoms. The van der Waals surface area contributed by atoms with Gasteiger partial charge in [-0.05, 0) is 48.0 Å². The molecular weight excluding hydrogens is 278 g/mol. The van der Waals surface area contributed by atoms with Gasteiger partial charge in [0.05, 0.1) is 7.11 Å². The SMILES string of the molecule is COc1cc2c(cc1SC)CCNCC2c1ccccc1. The number of hydrogen-bond acceptors (Lipinski definition) is 3. The highest BCUT2D eigenvalue weighted by Crippen LogP contribution is 2.37. The lowest BCUT2D eigenvalue weighted by Gasteiger charge is -2.20. The molecule has 2 nitrogen and oxygen atoms in total. The van der Waals surface area contributed by atoms with Crippen molar-refractivity contribution in [1.29, 1.82) is 0 Å². The Hall–Kier alpha value is -1.45. The Morgan fingerprint density at radius 1 is 1.19 bits per heavy atom. The van der Waals surface area contributed by atoms with E-state index in [4.69, 9.17) is 4.74 Å². The summed E-state index contributed by atoms with van der Waals surface area (Å²) in [7, 11) is 1.76. The minimum atomic E-state index is 0.397. The van der Waals surface area contributed by atoms with E-state index in [1.807, 2.05) is 0 Å². The molecule has 21 heavy (non-hydrogen) atoms. The third-order valence-corrected chi connectivity index (χ3v) is 4.90. The van der Waals surface area contributed by atoms with Crippen LogP contribution < -0.4 is 10.1 Å². The van der Waals surface area contributed by atoms with E-state index in [2.05, 4.69) is 54.0 Å². The molecule has 1 unspecified atom stereocenters. The molecule has 1 aliphatic rings. The van der Waals surface area contributed by atoms with Gasteiger partial charge >= 0.3 is 0 Å². The lowest BCUT2D eigenvalue weighted by atomic mass is 9.88. The third-order valence-electron chi connectivity index (χ3n) is 4.14. The van der Waals surface area contributed by atoms with Crippen molar-refractivity contribution in [2.24, 2.45) is 0 Å². The number of nitrogens with one attached hydrogen (secondary N) is 1. The average molecular weight is 299 g/mol. The van der Waals surface area contributed by atoms with Crippen LogP contribution in [0.25, 0.3) is 0 Å². The van der Waals surface area contributed by atoms with Gasteiger partial charge in [0.2, 0.25) is 0 Å². The quantitative estimate of drug-likeness (QED) is 0.873. The van der Waals surface area contributed by atoms with E-state index < -0.39 is 0 Å². The van der Waals surface area contributed by atoms with Gasteiger partial charge in [0.15, 0.2) is 0 Å². The number of rotatable bonds is 3. The molecule has 1 N–H and O–H groups in total. The summed E-state index contributed by atoms with van der Waals surface area (Å²) < 4.78 is 5.59. The van der Waals surface area contributed by atoms with Crippen LogP contribution >= 0.6 is 11.8 Å². The average Bonchev–Trinajstić information content (AvgIpc) is 2.76. The van der Waals surface area contributed by atoms with Crippen molar-refractivity contribution in [3.05, 3.63) is 59.2 Å². The highest BCUT2D eigenvalue weighted by Gasteiger charge is 2.22. The van der Waals surface area contributed by atoms with Gasteiger partial charge in [-0.1, -0.05) is 30.3 Å². The van der Waals surface area contributed by atoms with Gasteiger partial charge < -0.3 is 10.1 Å². The van der Waals surface area contributed by atoms with Gasteiger partial charge in [-0.15, -0.1) is 11.8 Å². The highest BCUT2D eigenvalue weighted by atomic mass is 32.2. The number of ether oxygens (including phenoxy) is 1. The van der Waals surface area contributed by atoms with Crippen molar-refractivity contribution in [1.82, 2.24) is 5.32 Å². The Balaban J connectivity index is 2.10. The Morgan fingerprint density at radius 3 is 2.71 bits per heavy atom. The van der Waals surface area contributed by atoms with Crippen LogP contribution in [0.15, 0.2) is 47.4 Å². The van der Waals surface area contributed by atoms with Crippen LogP contribution in [-0.4, -0.2) is 26.5 Å². The summed E-state index contributed by atoms with van der Waals surface area (Å²) in [6.07, 6.45) is 3.18. The van der Waals surface area contributed by atoms with Gasteiger partial charge in [-0.2, -0.15) is 0 Å². The minimum absolute atomic E-state index is 0.397. The van der Waals surface area contributed by atoms with Crippen LogP contribution in [0.1, 0.15) is 22.6 Å².